The number of ether oxygens (including phenoxy) is 1. The number of nitrogens with two attached hydrogens (primary N) is 1. The number of halogens is 2. The van der Waals surface area contributed by atoms with Gasteiger partial charge in [-0.25, -0.2) is 4.79 Å². The van der Waals surface area contributed by atoms with Crippen LogP contribution in [0.4, 0.5) is 0 Å². The number of benzene rings is 1. The SMILES string of the molecule is COc1c(Cl)ccc(Cl)c1C(=O)O/N=C(\N)C1CCCC1. The van der Waals surface area contributed by atoms with Gasteiger partial charge in [0, 0.05) is 5.92 Å². The Balaban J connectivity index is 2.17. The van der Waals surface area contributed by atoms with E-state index in [0.29, 0.717) is 5.84 Å². The van der Waals surface area contributed by atoms with E-state index < -0.39 is 5.97 Å². The van der Waals surface area contributed by atoms with Gasteiger partial charge in [-0.3, -0.25) is 0 Å². The van der Waals surface area contributed by atoms with Crippen LogP contribution in [0.1, 0.15) is 36.0 Å². The summed E-state index contributed by atoms with van der Waals surface area (Å²) >= 11 is 12.0. The van der Waals surface area contributed by atoms with Crippen molar-refractivity contribution in [3.05, 3.63) is 27.7 Å². The molecule has 0 aromatic heterocycles. The summed E-state index contributed by atoms with van der Waals surface area (Å²) in [5.41, 5.74) is 5.86. The van der Waals surface area contributed by atoms with Gasteiger partial charge >= 0.3 is 5.97 Å². The average molecular weight is 331 g/mol. The van der Waals surface area contributed by atoms with Crippen LogP contribution < -0.4 is 10.5 Å². The van der Waals surface area contributed by atoms with Gasteiger partial charge in [0.15, 0.2) is 5.75 Å². The standard InChI is InChI=1S/C14H16Cl2N2O3/c1-20-12-10(16)7-6-9(15)11(12)14(19)21-18-13(17)8-4-2-3-5-8/h6-8H,2-5H2,1H3,(H2,17,18). The second-order valence-electron chi connectivity index (χ2n) is 4.81. The molecular weight excluding hydrogens is 315 g/mol. The molecule has 2 rings (SSSR count). The Hall–Kier alpha value is -1.46. The van der Waals surface area contributed by atoms with Crippen LogP contribution in [0.25, 0.3) is 0 Å². The van der Waals surface area contributed by atoms with Crippen LogP contribution in [0.15, 0.2) is 17.3 Å². The quantitative estimate of drug-likeness (QED) is 0.396. The summed E-state index contributed by atoms with van der Waals surface area (Å²) in [6.07, 6.45) is 4.16. The molecule has 0 unspecified atom stereocenters. The molecule has 0 heterocycles. The van der Waals surface area contributed by atoms with Crippen LogP contribution in [0, 0.1) is 5.92 Å². The number of oxime groups is 1. The molecule has 1 saturated carbocycles. The van der Waals surface area contributed by atoms with Crippen LogP contribution in [0.5, 0.6) is 5.75 Å². The Morgan fingerprint density at radius 2 is 1.90 bits per heavy atom. The summed E-state index contributed by atoms with van der Waals surface area (Å²) in [5, 5.41) is 4.16. The summed E-state index contributed by atoms with van der Waals surface area (Å²) in [5.74, 6) is -0.0865. The zero-order valence-electron chi connectivity index (χ0n) is 11.6. The third kappa shape index (κ3) is 3.60. The van der Waals surface area contributed by atoms with E-state index in [4.69, 9.17) is 38.5 Å². The predicted octanol–water partition coefficient (Wildman–Crippen LogP) is 3.62. The number of carbonyl (C=O) groups is 1. The zero-order chi connectivity index (χ0) is 15.4. The first-order chi connectivity index (χ1) is 10.0. The molecule has 1 aliphatic rings. The summed E-state index contributed by atoms with van der Waals surface area (Å²) in [7, 11) is 1.39. The van der Waals surface area contributed by atoms with E-state index in [0.717, 1.165) is 25.7 Å². The van der Waals surface area contributed by atoms with E-state index in [2.05, 4.69) is 5.16 Å². The molecule has 5 nitrogen and oxygen atoms in total. The molecule has 0 atom stereocenters. The smallest absolute Gasteiger partial charge is 0.371 e. The number of carbonyl (C=O) groups excluding carboxylic acids is 1. The first-order valence-electron chi connectivity index (χ1n) is 6.61. The lowest BCUT2D eigenvalue weighted by molar-refractivity contribution is 0.0509. The molecule has 0 saturated heterocycles. The van der Waals surface area contributed by atoms with Gasteiger partial charge in [0.2, 0.25) is 0 Å². The molecule has 1 aromatic rings. The highest BCUT2D eigenvalue weighted by molar-refractivity contribution is 6.37. The molecule has 114 valence electrons. The summed E-state index contributed by atoms with van der Waals surface area (Å²) < 4.78 is 5.09. The lowest BCUT2D eigenvalue weighted by atomic mass is 10.1. The average Bonchev–Trinajstić information content (AvgIpc) is 3.00. The molecule has 0 spiro atoms. The van der Waals surface area contributed by atoms with Crippen LogP contribution in [0.3, 0.4) is 0 Å². The Labute approximate surface area is 133 Å². The largest absolute Gasteiger partial charge is 0.494 e. The van der Waals surface area contributed by atoms with Gasteiger partial charge in [-0.2, -0.15) is 0 Å². The third-order valence-electron chi connectivity index (χ3n) is 3.47. The lowest BCUT2D eigenvalue weighted by Crippen LogP contribution is -2.22. The van der Waals surface area contributed by atoms with Gasteiger partial charge in [0.05, 0.1) is 17.2 Å². The number of methoxy groups -OCH3 is 1. The Bertz CT molecular complexity index is 570. The van der Waals surface area contributed by atoms with E-state index >= 15 is 0 Å². The molecule has 1 fully saturated rings. The van der Waals surface area contributed by atoms with E-state index in [9.17, 15) is 4.79 Å². The fraction of sp³-hybridized carbons (Fsp3) is 0.429. The van der Waals surface area contributed by atoms with Gasteiger partial charge in [-0.05, 0) is 25.0 Å². The molecule has 1 aromatic carbocycles. The van der Waals surface area contributed by atoms with Gasteiger partial charge in [0.25, 0.3) is 0 Å². The summed E-state index contributed by atoms with van der Waals surface area (Å²) in [6, 6.07) is 3.03. The number of hydrogen-bond donors (Lipinski definition) is 1. The fourth-order valence-corrected chi connectivity index (χ4v) is 2.82. The third-order valence-corrected chi connectivity index (χ3v) is 4.09. The minimum atomic E-state index is -0.750. The minimum absolute atomic E-state index is 0.0367. The van der Waals surface area contributed by atoms with Crippen LogP contribution >= 0.6 is 23.2 Å². The minimum Gasteiger partial charge on any atom is -0.494 e. The second kappa shape index (κ2) is 7.00. The van der Waals surface area contributed by atoms with Crippen LogP contribution in [-0.4, -0.2) is 18.9 Å². The molecule has 1 aliphatic carbocycles. The van der Waals surface area contributed by atoms with Crippen molar-refractivity contribution in [1.29, 1.82) is 0 Å². The first kappa shape index (κ1) is 15.9. The zero-order valence-corrected chi connectivity index (χ0v) is 13.1. The van der Waals surface area contributed by atoms with E-state index in [1.165, 1.54) is 19.2 Å². The Morgan fingerprint density at radius 1 is 1.29 bits per heavy atom. The van der Waals surface area contributed by atoms with Crippen molar-refractivity contribution in [3.8, 4) is 5.75 Å². The van der Waals surface area contributed by atoms with Gasteiger partial charge in [-0.15, -0.1) is 0 Å². The van der Waals surface area contributed by atoms with Crippen molar-refractivity contribution in [1.82, 2.24) is 0 Å². The van der Waals surface area contributed by atoms with Gasteiger partial charge in [-0.1, -0.05) is 41.2 Å². The predicted molar refractivity (Wildman–Crippen MR) is 82.0 cm³/mol. The molecule has 0 radical (unpaired) electrons. The van der Waals surface area contributed by atoms with Crippen molar-refractivity contribution < 1.29 is 14.4 Å². The van der Waals surface area contributed by atoms with Crippen LogP contribution in [0.2, 0.25) is 10.0 Å². The highest BCUT2D eigenvalue weighted by Gasteiger charge is 2.23. The Kier molecular flexibility index (Phi) is 5.31. The first-order valence-corrected chi connectivity index (χ1v) is 7.37. The summed E-state index contributed by atoms with van der Waals surface area (Å²) in [6.45, 7) is 0. The van der Waals surface area contributed by atoms with Crippen molar-refractivity contribution in [3.63, 3.8) is 0 Å². The van der Waals surface area contributed by atoms with Gasteiger partial charge in [0.1, 0.15) is 11.4 Å². The fourth-order valence-electron chi connectivity index (χ4n) is 2.36. The maximum absolute atomic E-state index is 12.1. The monoisotopic (exact) mass is 330 g/mol. The van der Waals surface area contributed by atoms with Crippen molar-refractivity contribution in [2.45, 2.75) is 25.7 Å². The van der Waals surface area contributed by atoms with E-state index in [-0.39, 0.29) is 27.3 Å². The van der Waals surface area contributed by atoms with E-state index in [1.807, 2.05) is 0 Å². The molecule has 2 N–H and O–H groups in total. The number of rotatable bonds is 4. The van der Waals surface area contributed by atoms with Crippen molar-refractivity contribution in [2.75, 3.05) is 7.11 Å². The molecule has 0 amide bonds. The lowest BCUT2D eigenvalue weighted by Gasteiger charge is -2.10. The molecule has 0 bridgehead atoms. The van der Waals surface area contributed by atoms with Crippen molar-refractivity contribution >= 4 is 35.0 Å². The normalized spacial score (nSPS) is 16.0. The highest BCUT2D eigenvalue weighted by atomic mass is 35.5. The van der Waals surface area contributed by atoms with Crippen molar-refractivity contribution in [2.24, 2.45) is 16.8 Å². The maximum Gasteiger partial charge on any atom is 0.371 e. The molecular formula is C14H16Cl2N2O3. The van der Waals surface area contributed by atoms with E-state index in [1.54, 1.807) is 0 Å². The molecule has 0 aliphatic heterocycles. The van der Waals surface area contributed by atoms with Crippen LogP contribution in [-0.2, 0) is 4.84 Å². The summed E-state index contributed by atoms with van der Waals surface area (Å²) in [4.78, 5) is 17.0. The number of nitrogens with zero attached hydrogens (tertiary/aromatic N) is 1. The number of hydrogen-bond acceptors (Lipinski definition) is 4. The number of amidine groups is 1. The molecule has 21 heavy (non-hydrogen) atoms. The topological polar surface area (TPSA) is 73.9 Å². The molecule has 7 heteroatoms. The highest BCUT2D eigenvalue weighted by Crippen LogP contribution is 2.34. The van der Waals surface area contributed by atoms with Gasteiger partial charge < -0.3 is 15.3 Å². The Morgan fingerprint density at radius 3 is 2.52 bits per heavy atom. The maximum atomic E-state index is 12.1. The second-order valence-corrected chi connectivity index (χ2v) is 5.63.